The quantitative estimate of drug-likeness (QED) is 0.260. The summed E-state index contributed by atoms with van der Waals surface area (Å²) in [7, 11) is -4.15. The maximum absolute atomic E-state index is 13.3. The molecule has 188 valence electrons. The van der Waals surface area contributed by atoms with Crippen molar-refractivity contribution in [2.45, 2.75) is 36.9 Å². The molecule has 0 aliphatic heterocycles. The lowest BCUT2D eigenvalue weighted by molar-refractivity contribution is -0.137. The minimum atomic E-state index is -4.52. The highest BCUT2D eigenvalue weighted by atomic mass is 35.5. The van der Waals surface area contributed by atoms with Gasteiger partial charge in [0.2, 0.25) is 15.7 Å². The van der Waals surface area contributed by atoms with Crippen LogP contribution in [0.4, 0.5) is 13.2 Å². The SMILES string of the molecule is CC(C)c1csc(-c2nnc(S(=O)(=O)Cc3ccc(C(F)(F)F)cc3)n2/N=C/c2ccc(Cl)cc2)n1. The van der Waals surface area contributed by atoms with Crippen LogP contribution < -0.4 is 0 Å². The first kappa shape index (κ1) is 26.0. The van der Waals surface area contributed by atoms with Crippen molar-refractivity contribution < 1.29 is 21.6 Å². The lowest BCUT2D eigenvalue weighted by Crippen LogP contribution is -2.12. The molecule has 0 saturated carbocycles. The van der Waals surface area contributed by atoms with Crippen LogP contribution in [0.3, 0.4) is 0 Å². The smallest absolute Gasteiger partial charge is 0.237 e. The number of hydrogen-bond donors (Lipinski definition) is 0. The second-order valence-electron chi connectivity index (χ2n) is 8.10. The third-order valence-electron chi connectivity index (χ3n) is 5.03. The molecule has 0 atom stereocenters. The predicted molar refractivity (Wildman–Crippen MR) is 132 cm³/mol. The summed E-state index contributed by atoms with van der Waals surface area (Å²) >= 11 is 7.20. The molecule has 2 heterocycles. The molecular weight excluding hydrogens is 535 g/mol. The normalized spacial score (nSPS) is 12.6. The van der Waals surface area contributed by atoms with Crippen LogP contribution in [-0.4, -0.2) is 34.5 Å². The lowest BCUT2D eigenvalue weighted by Gasteiger charge is -2.08. The number of thiazole rings is 1. The van der Waals surface area contributed by atoms with Crippen LogP contribution in [0.15, 0.2) is 64.2 Å². The molecule has 0 spiro atoms. The maximum atomic E-state index is 13.3. The van der Waals surface area contributed by atoms with Gasteiger partial charge in [0.15, 0.2) is 5.01 Å². The van der Waals surface area contributed by atoms with Crippen molar-refractivity contribution in [2.75, 3.05) is 0 Å². The van der Waals surface area contributed by atoms with E-state index in [0.717, 1.165) is 34.6 Å². The zero-order chi connectivity index (χ0) is 26.1. The van der Waals surface area contributed by atoms with Gasteiger partial charge in [0.1, 0.15) is 0 Å². The van der Waals surface area contributed by atoms with Gasteiger partial charge in [-0.25, -0.2) is 13.4 Å². The first-order valence-corrected chi connectivity index (χ1v) is 13.4. The summed E-state index contributed by atoms with van der Waals surface area (Å²) in [6.45, 7) is 3.95. The summed E-state index contributed by atoms with van der Waals surface area (Å²) in [5.74, 6) is -0.315. The van der Waals surface area contributed by atoms with Crippen molar-refractivity contribution in [1.29, 1.82) is 0 Å². The molecule has 0 unspecified atom stereocenters. The Balaban J connectivity index is 1.74. The van der Waals surface area contributed by atoms with Crippen LogP contribution in [0.2, 0.25) is 5.02 Å². The summed E-state index contributed by atoms with van der Waals surface area (Å²) < 4.78 is 66.2. The van der Waals surface area contributed by atoms with E-state index in [4.69, 9.17) is 11.6 Å². The van der Waals surface area contributed by atoms with E-state index in [1.807, 2.05) is 19.2 Å². The van der Waals surface area contributed by atoms with E-state index in [9.17, 15) is 21.6 Å². The Morgan fingerprint density at radius 2 is 1.75 bits per heavy atom. The van der Waals surface area contributed by atoms with E-state index in [2.05, 4.69) is 20.3 Å². The van der Waals surface area contributed by atoms with Crippen LogP contribution in [-0.2, 0) is 21.8 Å². The number of benzene rings is 2. The molecule has 0 saturated heterocycles. The second-order valence-corrected chi connectivity index (χ2v) is 11.3. The molecule has 0 fully saturated rings. The maximum Gasteiger partial charge on any atom is 0.416 e. The van der Waals surface area contributed by atoms with Crippen LogP contribution in [0.5, 0.6) is 0 Å². The average Bonchev–Trinajstić information content (AvgIpc) is 3.46. The summed E-state index contributed by atoms with van der Waals surface area (Å²) in [4.78, 5) is 4.52. The fourth-order valence-electron chi connectivity index (χ4n) is 3.10. The molecule has 0 N–H and O–H groups in total. The molecule has 0 aliphatic rings. The second kappa shape index (κ2) is 10.1. The summed E-state index contributed by atoms with van der Waals surface area (Å²) in [5.41, 5.74) is 0.746. The molecule has 2 aromatic heterocycles. The molecule has 4 aromatic rings. The van der Waals surface area contributed by atoms with Crippen LogP contribution in [0.1, 0.15) is 42.1 Å². The molecule has 13 heteroatoms. The molecule has 4 rings (SSSR count). The third-order valence-corrected chi connectivity index (χ3v) is 7.66. The van der Waals surface area contributed by atoms with Crippen molar-refractivity contribution in [3.8, 4) is 10.8 Å². The Kier molecular flexibility index (Phi) is 7.30. The number of rotatable bonds is 7. The van der Waals surface area contributed by atoms with Crippen LogP contribution in [0.25, 0.3) is 10.8 Å². The van der Waals surface area contributed by atoms with Crippen molar-refractivity contribution in [2.24, 2.45) is 5.10 Å². The standard InChI is InChI=1S/C23H19ClF3N5O2S2/c1-14(2)19-12-35-21(29-19)20-30-31-22(32(20)28-11-15-5-9-18(24)10-6-15)36(33,34)13-16-3-7-17(8-4-16)23(25,26)27/h3-12,14H,13H2,1-2H3/b28-11+. The number of hydrogen-bond acceptors (Lipinski definition) is 7. The minimum Gasteiger partial charge on any atom is -0.237 e. The molecule has 0 radical (unpaired) electrons. The van der Waals surface area contributed by atoms with Crippen molar-refractivity contribution in [1.82, 2.24) is 19.9 Å². The highest BCUT2D eigenvalue weighted by Crippen LogP contribution is 2.30. The Hall–Kier alpha value is -3.09. The molecular formula is C23H19ClF3N5O2S2. The first-order valence-electron chi connectivity index (χ1n) is 10.5. The van der Waals surface area contributed by atoms with Crippen LogP contribution in [0, 0.1) is 0 Å². The fourth-order valence-corrected chi connectivity index (χ4v) is 5.49. The van der Waals surface area contributed by atoms with E-state index < -0.39 is 32.5 Å². The molecule has 2 aromatic carbocycles. The van der Waals surface area contributed by atoms with Gasteiger partial charge in [-0.05, 0) is 41.3 Å². The Morgan fingerprint density at radius 1 is 1.08 bits per heavy atom. The van der Waals surface area contributed by atoms with Gasteiger partial charge in [0, 0.05) is 10.4 Å². The summed E-state index contributed by atoms with van der Waals surface area (Å²) in [5, 5.41) is 14.6. The number of sulfone groups is 1. The van der Waals surface area contributed by atoms with Gasteiger partial charge in [-0.3, -0.25) is 0 Å². The summed E-state index contributed by atoms with van der Waals surface area (Å²) in [6.07, 6.45) is -3.09. The highest BCUT2D eigenvalue weighted by Gasteiger charge is 2.31. The van der Waals surface area contributed by atoms with E-state index in [0.29, 0.717) is 15.6 Å². The topological polar surface area (TPSA) is 90.1 Å². The first-order chi connectivity index (χ1) is 16.9. The average molecular weight is 554 g/mol. The lowest BCUT2D eigenvalue weighted by atomic mass is 10.1. The van der Waals surface area contributed by atoms with Crippen molar-refractivity contribution >= 4 is 39.0 Å². The van der Waals surface area contributed by atoms with E-state index in [1.165, 1.54) is 17.6 Å². The van der Waals surface area contributed by atoms with E-state index in [-0.39, 0.29) is 17.3 Å². The molecule has 0 amide bonds. The zero-order valence-electron chi connectivity index (χ0n) is 18.9. The Bertz CT molecular complexity index is 1490. The van der Waals surface area contributed by atoms with Gasteiger partial charge in [0.25, 0.3) is 5.16 Å². The van der Waals surface area contributed by atoms with Gasteiger partial charge < -0.3 is 0 Å². The largest absolute Gasteiger partial charge is 0.416 e. The minimum absolute atomic E-state index is 0.128. The molecule has 0 bridgehead atoms. The molecule has 7 nitrogen and oxygen atoms in total. The van der Waals surface area contributed by atoms with Crippen molar-refractivity contribution in [3.63, 3.8) is 0 Å². The molecule has 0 aliphatic carbocycles. The summed E-state index contributed by atoms with van der Waals surface area (Å²) in [6, 6.07) is 10.6. The Morgan fingerprint density at radius 3 is 2.33 bits per heavy atom. The third kappa shape index (κ3) is 5.82. The zero-order valence-corrected chi connectivity index (χ0v) is 21.3. The molecule has 36 heavy (non-hydrogen) atoms. The number of halogens is 4. The van der Waals surface area contributed by atoms with Crippen molar-refractivity contribution in [3.05, 3.63) is 81.3 Å². The number of alkyl halides is 3. The fraction of sp³-hybridized carbons (Fsp3) is 0.217. The van der Waals surface area contributed by atoms with Gasteiger partial charge in [-0.2, -0.15) is 22.9 Å². The van der Waals surface area contributed by atoms with Gasteiger partial charge >= 0.3 is 6.18 Å². The van der Waals surface area contributed by atoms with Crippen LogP contribution >= 0.6 is 22.9 Å². The number of aromatic nitrogens is 4. The Labute approximate surface area is 214 Å². The van der Waals surface area contributed by atoms with Gasteiger partial charge in [0.05, 0.1) is 23.2 Å². The van der Waals surface area contributed by atoms with E-state index >= 15 is 0 Å². The highest BCUT2D eigenvalue weighted by molar-refractivity contribution is 7.90. The predicted octanol–water partition coefficient (Wildman–Crippen LogP) is 6.05. The van der Waals surface area contributed by atoms with Gasteiger partial charge in [-0.1, -0.05) is 49.7 Å². The van der Waals surface area contributed by atoms with E-state index in [1.54, 1.807) is 24.3 Å². The number of nitrogens with zero attached hydrogens (tertiary/aromatic N) is 5. The van der Waals surface area contributed by atoms with Gasteiger partial charge in [-0.15, -0.1) is 21.5 Å². The monoisotopic (exact) mass is 553 g/mol.